The SMILES string of the molecule is Cc1ccc2[nH]c(=O)c(C(c3nnnn3C3CCCCC3)N3CCC(C)CC3)cc2c1. The van der Waals surface area contributed by atoms with Crippen LogP contribution in [0.15, 0.2) is 29.1 Å². The summed E-state index contributed by atoms with van der Waals surface area (Å²) in [5.41, 5.74) is 2.76. The van der Waals surface area contributed by atoms with Gasteiger partial charge < -0.3 is 4.98 Å². The van der Waals surface area contributed by atoms with Gasteiger partial charge in [-0.25, -0.2) is 4.68 Å². The lowest BCUT2D eigenvalue weighted by atomic mass is 9.93. The number of nitrogens with zero attached hydrogens (tertiary/aromatic N) is 5. The molecule has 2 fully saturated rings. The van der Waals surface area contributed by atoms with Crippen LogP contribution in [0.1, 0.15) is 80.9 Å². The number of aromatic nitrogens is 5. The van der Waals surface area contributed by atoms with Crippen LogP contribution in [0.5, 0.6) is 0 Å². The van der Waals surface area contributed by atoms with Crippen molar-refractivity contribution >= 4 is 10.9 Å². The summed E-state index contributed by atoms with van der Waals surface area (Å²) in [4.78, 5) is 18.8. The third-order valence-corrected chi connectivity index (χ3v) is 7.19. The number of hydrogen-bond acceptors (Lipinski definition) is 5. The Balaban J connectivity index is 1.62. The highest BCUT2D eigenvalue weighted by atomic mass is 16.1. The van der Waals surface area contributed by atoms with Gasteiger partial charge >= 0.3 is 0 Å². The van der Waals surface area contributed by atoms with E-state index < -0.39 is 0 Å². The molecular weight excluding hydrogens is 388 g/mol. The second kappa shape index (κ2) is 8.54. The Morgan fingerprint density at radius 1 is 1.06 bits per heavy atom. The molecule has 31 heavy (non-hydrogen) atoms. The molecule has 1 atom stereocenters. The number of rotatable bonds is 4. The summed E-state index contributed by atoms with van der Waals surface area (Å²) in [6.07, 6.45) is 8.19. The van der Waals surface area contributed by atoms with Crippen LogP contribution in [0.3, 0.4) is 0 Å². The van der Waals surface area contributed by atoms with E-state index in [2.05, 4.69) is 51.4 Å². The van der Waals surface area contributed by atoms with Gasteiger partial charge in [-0.05, 0) is 85.6 Å². The van der Waals surface area contributed by atoms with Crippen molar-refractivity contribution in [2.45, 2.75) is 70.9 Å². The van der Waals surface area contributed by atoms with Gasteiger partial charge in [0, 0.05) is 11.1 Å². The van der Waals surface area contributed by atoms with Crippen LogP contribution < -0.4 is 5.56 Å². The topological polar surface area (TPSA) is 79.7 Å². The Hall–Kier alpha value is -2.54. The number of pyridine rings is 1. The lowest BCUT2D eigenvalue weighted by Gasteiger charge is -2.36. The first-order valence-corrected chi connectivity index (χ1v) is 11.8. The van der Waals surface area contributed by atoms with Gasteiger partial charge in [0.1, 0.15) is 6.04 Å². The monoisotopic (exact) mass is 420 g/mol. The zero-order valence-corrected chi connectivity index (χ0v) is 18.5. The number of aromatic amines is 1. The molecule has 7 nitrogen and oxygen atoms in total. The maximum Gasteiger partial charge on any atom is 0.253 e. The number of likely N-dealkylation sites (tertiary alicyclic amines) is 1. The minimum atomic E-state index is -0.224. The van der Waals surface area contributed by atoms with Crippen LogP contribution >= 0.6 is 0 Å². The molecule has 0 bridgehead atoms. The van der Waals surface area contributed by atoms with Crippen LogP contribution in [0.2, 0.25) is 0 Å². The van der Waals surface area contributed by atoms with Gasteiger partial charge in [0.15, 0.2) is 5.82 Å². The highest BCUT2D eigenvalue weighted by Crippen LogP contribution is 2.34. The number of piperidine rings is 1. The lowest BCUT2D eigenvalue weighted by molar-refractivity contribution is 0.146. The molecular formula is C24H32N6O. The maximum atomic E-state index is 13.3. The van der Waals surface area contributed by atoms with Crippen molar-refractivity contribution in [3.05, 3.63) is 51.6 Å². The Bertz CT molecular complexity index is 1100. The molecule has 1 aliphatic carbocycles. The zero-order chi connectivity index (χ0) is 21.4. The van der Waals surface area contributed by atoms with Crippen molar-refractivity contribution in [3.63, 3.8) is 0 Å². The second-order valence-corrected chi connectivity index (χ2v) is 9.54. The van der Waals surface area contributed by atoms with Gasteiger partial charge in [0.25, 0.3) is 5.56 Å². The minimum Gasteiger partial charge on any atom is -0.322 e. The predicted octanol–water partition coefficient (Wildman–Crippen LogP) is 4.15. The summed E-state index contributed by atoms with van der Waals surface area (Å²) in [5, 5.41) is 14.1. The van der Waals surface area contributed by atoms with Gasteiger partial charge in [0.05, 0.1) is 6.04 Å². The molecule has 7 heteroatoms. The summed E-state index contributed by atoms with van der Waals surface area (Å²) in [5.74, 6) is 1.53. The quantitative estimate of drug-likeness (QED) is 0.686. The average molecular weight is 421 g/mol. The first-order valence-electron chi connectivity index (χ1n) is 11.8. The Kier molecular flexibility index (Phi) is 5.61. The number of tetrazole rings is 1. The Labute approximate surface area is 182 Å². The van der Waals surface area contributed by atoms with E-state index in [1.54, 1.807) is 0 Å². The van der Waals surface area contributed by atoms with Crippen molar-refractivity contribution in [1.82, 2.24) is 30.1 Å². The molecule has 3 heterocycles. The molecule has 1 aliphatic heterocycles. The fourth-order valence-corrected chi connectivity index (χ4v) is 5.30. The standard InChI is InChI=1S/C24H32N6O/c1-16-10-12-29(13-11-16)22(23-26-27-28-30(23)19-6-4-3-5-7-19)20-15-18-14-17(2)8-9-21(18)25-24(20)31/h8-9,14-16,19,22H,3-7,10-13H2,1-2H3,(H,25,31). The number of aryl methyl sites for hydroxylation is 1. The van der Waals surface area contributed by atoms with Crippen LogP contribution in [-0.2, 0) is 0 Å². The summed E-state index contributed by atoms with van der Waals surface area (Å²) in [7, 11) is 0. The van der Waals surface area contributed by atoms with Gasteiger partial charge in [0.2, 0.25) is 0 Å². The van der Waals surface area contributed by atoms with E-state index in [-0.39, 0.29) is 11.6 Å². The van der Waals surface area contributed by atoms with E-state index in [1.165, 1.54) is 24.8 Å². The lowest BCUT2D eigenvalue weighted by Crippen LogP contribution is -2.40. The van der Waals surface area contributed by atoms with Crippen LogP contribution in [-0.4, -0.2) is 43.2 Å². The molecule has 3 aromatic rings. The molecule has 1 saturated carbocycles. The number of H-pyrrole nitrogens is 1. The third-order valence-electron chi connectivity index (χ3n) is 7.19. The van der Waals surface area contributed by atoms with Crippen LogP contribution in [0, 0.1) is 12.8 Å². The van der Waals surface area contributed by atoms with Gasteiger partial charge in [-0.1, -0.05) is 37.8 Å². The molecule has 0 radical (unpaired) electrons. The van der Waals surface area contributed by atoms with Crippen LogP contribution in [0.25, 0.3) is 10.9 Å². The first-order chi connectivity index (χ1) is 15.1. The van der Waals surface area contributed by atoms with E-state index in [9.17, 15) is 4.79 Å². The van der Waals surface area contributed by atoms with Gasteiger partial charge in [-0.2, -0.15) is 0 Å². The molecule has 5 rings (SSSR count). The third kappa shape index (κ3) is 4.03. The van der Waals surface area contributed by atoms with Crippen LogP contribution in [0.4, 0.5) is 0 Å². The molecule has 1 N–H and O–H groups in total. The molecule has 1 unspecified atom stereocenters. The summed E-state index contributed by atoms with van der Waals surface area (Å²) < 4.78 is 2.03. The second-order valence-electron chi connectivity index (χ2n) is 9.54. The molecule has 2 aromatic heterocycles. The fourth-order valence-electron chi connectivity index (χ4n) is 5.30. The van der Waals surface area contributed by atoms with E-state index in [0.29, 0.717) is 12.0 Å². The summed E-state index contributed by atoms with van der Waals surface area (Å²) >= 11 is 0. The van der Waals surface area contributed by atoms with Crippen molar-refractivity contribution < 1.29 is 0 Å². The van der Waals surface area contributed by atoms with E-state index in [1.807, 2.05) is 16.8 Å². The smallest absolute Gasteiger partial charge is 0.253 e. The molecule has 0 amide bonds. The molecule has 0 spiro atoms. The highest BCUT2D eigenvalue weighted by Gasteiger charge is 2.34. The van der Waals surface area contributed by atoms with Gasteiger partial charge in [-0.15, -0.1) is 5.10 Å². The maximum absolute atomic E-state index is 13.3. The number of nitrogens with one attached hydrogen (secondary N) is 1. The molecule has 1 saturated heterocycles. The van der Waals surface area contributed by atoms with E-state index >= 15 is 0 Å². The van der Waals surface area contributed by atoms with Crippen molar-refractivity contribution in [1.29, 1.82) is 0 Å². The zero-order valence-electron chi connectivity index (χ0n) is 18.5. The van der Waals surface area contributed by atoms with Crippen molar-refractivity contribution in [2.75, 3.05) is 13.1 Å². The van der Waals surface area contributed by atoms with E-state index in [4.69, 9.17) is 0 Å². The highest BCUT2D eigenvalue weighted by molar-refractivity contribution is 5.79. The van der Waals surface area contributed by atoms with Crippen molar-refractivity contribution in [2.24, 2.45) is 5.92 Å². The molecule has 1 aromatic carbocycles. The predicted molar refractivity (Wildman–Crippen MR) is 121 cm³/mol. The molecule has 2 aliphatic rings. The summed E-state index contributed by atoms with van der Waals surface area (Å²) in [6, 6.07) is 8.31. The van der Waals surface area contributed by atoms with Crippen molar-refractivity contribution in [3.8, 4) is 0 Å². The number of hydrogen-bond donors (Lipinski definition) is 1. The molecule has 164 valence electrons. The number of benzene rings is 1. The fraction of sp³-hybridized carbons (Fsp3) is 0.583. The minimum absolute atomic E-state index is 0.0434. The number of fused-ring (bicyclic) bond motifs is 1. The average Bonchev–Trinajstić information content (AvgIpc) is 3.26. The van der Waals surface area contributed by atoms with E-state index in [0.717, 1.165) is 61.1 Å². The summed E-state index contributed by atoms with van der Waals surface area (Å²) in [6.45, 7) is 6.30. The Morgan fingerprint density at radius 3 is 2.61 bits per heavy atom. The largest absolute Gasteiger partial charge is 0.322 e. The Morgan fingerprint density at radius 2 is 1.84 bits per heavy atom. The first kappa shape index (κ1) is 20.4. The van der Waals surface area contributed by atoms with Gasteiger partial charge in [-0.3, -0.25) is 9.69 Å². The normalized spacial score (nSPS) is 20.3.